The molecule has 1 aliphatic heterocycles. The van der Waals surface area contributed by atoms with E-state index in [-0.39, 0.29) is 11.7 Å². The van der Waals surface area contributed by atoms with Crippen molar-refractivity contribution in [3.8, 4) is 11.1 Å². The van der Waals surface area contributed by atoms with Crippen LogP contribution >= 0.6 is 0 Å². The first kappa shape index (κ1) is 19.7. The van der Waals surface area contributed by atoms with Crippen LogP contribution in [0.15, 0.2) is 42.5 Å². The van der Waals surface area contributed by atoms with Crippen molar-refractivity contribution in [1.29, 1.82) is 0 Å². The number of ether oxygens (including phenoxy) is 1. The molecule has 1 aliphatic rings. The molecule has 1 nitrogen and oxygen atoms in total. The van der Waals surface area contributed by atoms with Crippen molar-refractivity contribution >= 4 is 0 Å². The lowest BCUT2D eigenvalue weighted by atomic mass is 9.92. The second kappa shape index (κ2) is 8.75. The van der Waals surface area contributed by atoms with Gasteiger partial charge < -0.3 is 4.74 Å². The van der Waals surface area contributed by atoms with Crippen molar-refractivity contribution in [2.75, 3.05) is 6.61 Å². The van der Waals surface area contributed by atoms with E-state index in [1.165, 1.54) is 12.1 Å². The topological polar surface area (TPSA) is 9.23 Å². The summed E-state index contributed by atoms with van der Waals surface area (Å²) < 4.78 is 49.2. The van der Waals surface area contributed by atoms with Gasteiger partial charge in [0.2, 0.25) is 0 Å². The predicted octanol–water partition coefficient (Wildman–Crippen LogP) is 6.77. The third-order valence-corrected chi connectivity index (χ3v) is 5.12. The Kier molecular flexibility index (Phi) is 6.38. The maximum absolute atomic E-state index is 14.7. The van der Waals surface area contributed by atoms with Crippen molar-refractivity contribution in [3.05, 3.63) is 71.1 Å². The van der Waals surface area contributed by atoms with Gasteiger partial charge in [0.05, 0.1) is 12.7 Å². The van der Waals surface area contributed by atoms with E-state index in [4.69, 9.17) is 4.74 Å². The number of rotatable bonds is 5. The van der Waals surface area contributed by atoms with E-state index >= 15 is 0 Å². The van der Waals surface area contributed by atoms with Crippen LogP contribution in [-0.2, 0) is 11.2 Å². The molecular weight excluding hydrogens is 349 g/mol. The lowest BCUT2D eigenvalue weighted by Gasteiger charge is -2.28. The molecule has 0 aromatic heterocycles. The minimum atomic E-state index is -0.920. The van der Waals surface area contributed by atoms with Crippen LogP contribution in [0, 0.1) is 23.4 Å². The highest BCUT2D eigenvalue weighted by molar-refractivity contribution is 5.65. The Bertz CT molecular complexity index is 821. The summed E-state index contributed by atoms with van der Waals surface area (Å²) in [5, 5.41) is 0. The van der Waals surface area contributed by atoms with Gasteiger partial charge in [-0.1, -0.05) is 49.8 Å². The fourth-order valence-electron chi connectivity index (χ4n) is 3.67. The Labute approximate surface area is 158 Å². The third-order valence-electron chi connectivity index (χ3n) is 5.12. The zero-order valence-corrected chi connectivity index (χ0v) is 15.8. The molecule has 2 atom stereocenters. The maximum Gasteiger partial charge on any atom is 0.166 e. The number of halogens is 3. The first-order valence-corrected chi connectivity index (χ1v) is 9.56. The molecule has 3 rings (SSSR count). The lowest BCUT2D eigenvalue weighted by Crippen LogP contribution is -2.20. The van der Waals surface area contributed by atoms with Crippen LogP contribution in [0.3, 0.4) is 0 Å². The van der Waals surface area contributed by atoms with Crippen LogP contribution in [0.2, 0.25) is 0 Å². The standard InChI is InChI=1S/C23H25F3O/c1-3-5-15-7-12-21(27-14-15)19-11-9-17(13-20(19)24)18-10-8-16(6-4-2)22(25)23(18)26/h3,5,8-11,13,15,21H,4,6-7,12,14H2,1-2H3/b5-3+. The van der Waals surface area contributed by atoms with E-state index < -0.39 is 17.5 Å². The van der Waals surface area contributed by atoms with E-state index in [2.05, 4.69) is 6.08 Å². The van der Waals surface area contributed by atoms with Gasteiger partial charge in [0.25, 0.3) is 0 Å². The molecule has 0 radical (unpaired) electrons. The van der Waals surface area contributed by atoms with Crippen LogP contribution in [0.1, 0.15) is 50.3 Å². The van der Waals surface area contributed by atoms with Gasteiger partial charge >= 0.3 is 0 Å². The monoisotopic (exact) mass is 374 g/mol. The molecule has 144 valence electrons. The summed E-state index contributed by atoms with van der Waals surface area (Å²) in [7, 11) is 0. The molecule has 4 heteroatoms. The number of aryl methyl sites for hydroxylation is 1. The molecule has 27 heavy (non-hydrogen) atoms. The van der Waals surface area contributed by atoms with Gasteiger partial charge in [0.1, 0.15) is 5.82 Å². The van der Waals surface area contributed by atoms with Gasteiger partial charge in [-0.3, -0.25) is 0 Å². The summed E-state index contributed by atoms with van der Waals surface area (Å²) >= 11 is 0. The summed E-state index contributed by atoms with van der Waals surface area (Å²) in [4.78, 5) is 0. The summed E-state index contributed by atoms with van der Waals surface area (Å²) in [6.45, 7) is 4.45. The third kappa shape index (κ3) is 4.27. The molecule has 0 aliphatic carbocycles. The molecule has 0 saturated carbocycles. The van der Waals surface area contributed by atoms with Gasteiger partial charge in [0, 0.05) is 17.0 Å². The number of hydrogen-bond donors (Lipinski definition) is 0. The lowest BCUT2D eigenvalue weighted by molar-refractivity contribution is -0.00711. The maximum atomic E-state index is 14.7. The van der Waals surface area contributed by atoms with Crippen LogP contribution < -0.4 is 0 Å². The van der Waals surface area contributed by atoms with Crippen molar-refractivity contribution in [2.45, 2.75) is 45.6 Å². The normalized spacial score (nSPS) is 20.3. The first-order chi connectivity index (χ1) is 13.0. The van der Waals surface area contributed by atoms with Crippen LogP contribution in [0.25, 0.3) is 11.1 Å². The summed E-state index contributed by atoms with van der Waals surface area (Å²) in [6.07, 6.45) is 6.70. The highest BCUT2D eigenvalue weighted by Crippen LogP contribution is 2.35. The first-order valence-electron chi connectivity index (χ1n) is 9.56. The Morgan fingerprint density at radius 2 is 1.89 bits per heavy atom. The second-order valence-corrected chi connectivity index (χ2v) is 7.07. The Balaban J connectivity index is 1.82. The van der Waals surface area contributed by atoms with Crippen molar-refractivity contribution in [2.24, 2.45) is 5.92 Å². The summed E-state index contributed by atoms with van der Waals surface area (Å²) in [5.74, 6) is -1.84. The largest absolute Gasteiger partial charge is 0.373 e. The van der Waals surface area contributed by atoms with E-state index in [0.29, 0.717) is 35.6 Å². The SMILES string of the molecule is C/C=C/C1CCC(c2ccc(-c3ccc(CCC)c(F)c3F)cc2F)OC1. The number of benzene rings is 2. The molecular formula is C23H25F3O. The molecule has 0 N–H and O–H groups in total. The second-order valence-electron chi connectivity index (χ2n) is 7.07. The zero-order chi connectivity index (χ0) is 19.4. The van der Waals surface area contributed by atoms with Crippen molar-refractivity contribution < 1.29 is 17.9 Å². The Hall–Kier alpha value is -2.07. The van der Waals surface area contributed by atoms with Crippen LogP contribution in [0.4, 0.5) is 13.2 Å². The van der Waals surface area contributed by atoms with Crippen molar-refractivity contribution in [3.63, 3.8) is 0 Å². The van der Waals surface area contributed by atoms with Gasteiger partial charge in [-0.25, -0.2) is 13.2 Å². The van der Waals surface area contributed by atoms with Crippen molar-refractivity contribution in [1.82, 2.24) is 0 Å². The number of hydrogen-bond acceptors (Lipinski definition) is 1. The summed E-state index contributed by atoms with van der Waals surface area (Å²) in [5.41, 5.74) is 1.23. The molecule has 0 amide bonds. The molecule has 0 spiro atoms. The quantitative estimate of drug-likeness (QED) is 0.525. The zero-order valence-electron chi connectivity index (χ0n) is 15.8. The van der Waals surface area contributed by atoms with E-state index in [1.807, 2.05) is 19.9 Å². The van der Waals surface area contributed by atoms with Gasteiger partial charge in [-0.05, 0) is 43.4 Å². The predicted molar refractivity (Wildman–Crippen MR) is 102 cm³/mol. The average Bonchev–Trinajstić information content (AvgIpc) is 2.67. The Morgan fingerprint density at radius 3 is 2.52 bits per heavy atom. The van der Waals surface area contributed by atoms with Gasteiger partial charge in [0.15, 0.2) is 11.6 Å². The molecule has 1 saturated heterocycles. The fraction of sp³-hybridized carbons (Fsp3) is 0.391. The minimum Gasteiger partial charge on any atom is -0.373 e. The van der Waals surface area contributed by atoms with E-state index in [9.17, 15) is 13.2 Å². The Morgan fingerprint density at radius 1 is 1.07 bits per heavy atom. The minimum absolute atomic E-state index is 0.0792. The molecule has 1 fully saturated rings. The molecule has 2 aromatic rings. The van der Waals surface area contributed by atoms with Gasteiger partial charge in [-0.15, -0.1) is 0 Å². The molecule has 2 unspecified atom stereocenters. The molecule has 1 heterocycles. The molecule has 2 aromatic carbocycles. The highest BCUT2D eigenvalue weighted by atomic mass is 19.2. The highest BCUT2D eigenvalue weighted by Gasteiger charge is 2.24. The van der Waals surface area contributed by atoms with Gasteiger partial charge in [-0.2, -0.15) is 0 Å². The average molecular weight is 374 g/mol. The van der Waals surface area contributed by atoms with E-state index in [0.717, 1.165) is 19.3 Å². The van der Waals surface area contributed by atoms with E-state index in [1.54, 1.807) is 18.2 Å². The number of allylic oxidation sites excluding steroid dienone is 1. The van der Waals surface area contributed by atoms with Crippen LogP contribution in [0.5, 0.6) is 0 Å². The fourth-order valence-corrected chi connectivity index (χ4v) is 3.67. The van der Waals surface area contributed by atoms with Crippen LogP contribution in [-0.4, -0.2) is 6.61 Å². The summed E-state index contributed by atoms with van der Waals surface area (Å²) in [6, 6.07) is 7.64. The molecule has 0 bridgehead atoms. The smallest absolute Gasteiger partial charge is 0.166 e.